The van der Waals surface area contributed by atoms with E-state index in [0.717, 1.165) is 18.4 Å². The van der Waals surface area contributed by atoms with Gasteiger partial charge >= 0.3 is 5.97 Å². The van der Waals surface area contributed by atoms with Gasteiger partial charge in [0.1, 0.15) is 5.82 Å². The van der Waals surface area contributed by atoms with Crippen molar-refractivity contribution in [3.63, 3.8) is 0 Å². The van der Waals surface area contributed by atoms with Gasteiger partial charge in [-0.1, -0.05) is 17.3 Å². The number of carbonyl (C=O) groups is 1. The predicted molar refractivity (Wildman–Crippen MR) is 64.5 cm³/mol. The molecule has 0 radical (unpaired) electrons. The van der Waals surface area contributed by atoms with Crippen LogP contribution < -0.4 is 0 Å². The smallest absolute Gasteiger partial charge is 0.358 e. The van der Waals surface area contributed by atoms with Gasteiger partial charge in [-0.15, -0.1) is 5.10 Å². The average Bonchev–Trinajstić information content (AvgIpc) is 3.13. The third kappa shape index (κ3) is 2.33. The van der Waals surface area contributed by atoms with Crippen molar-refractivity contribution in [2.45, 2.75) is 25.3 Å². The molecule has 19 heavy (non-hydrogen) atoms. The van der Waals surface area contributed by atoms with Crippen LogP contribution in [0.1, 0.15) is 40.5 Å². The Morgan fingerprint density at radius 2 is 2.05 bits per heavy atom. The molecular formula is C13H12FN3O2. The molecule has 0 amide bonds. The van der Waals surface area contributed by atoms with Crippen molar-refractivity contribution in [1.29, 1.82) is 0 Å². The molecule has 1 aromatic heterocycles. The summed E-state index contributed by atoms with van der Waals surface area (Å²) in [6, 6.07) is 6.07. The molecule has 1 N–H and O–H groups in total. The predicted octanol–water partition coefficient (Wildman–Crippen LogP) is 2.04. The molecule has 1 aromatic carbocycles. The highest BCUT2D eigenvalue weighted by Gasteiger charge is 2.33. The van der Waals surface area contributed by atoms with E-state index in [0.29, 0.717) is 12.2 Å². The van der Waals surface area contributed by atoms with Crippen LogP contribution in [0.15, 0.2) is 24.3 Å². The van der Waals surface area contributed by atoms with Gasteiger partial charge in [0.2, 0.25) is 0 Å². The maximum atomic E-state index is 12.8. The Labute approximate surface area is 108 Å². The average molecular weight is 261 g/mol. The van der Waals surface area contributed by atoms with E-state index in [4.69, 9.17) is 5.11 Å². The number of aromatic nitrogens is 3. The minimum absolute atomic E-state index is 0.0320. The van der Waals surface area contributed by atoms with E-state index in [9.17, 15) is 9.18 Å². The highest BCUT2D eigenvalue weighted by molar-refractivity contribution is 5.86. The molecular weight excluding hydrogens is 249 g/mol. The van der Waals surface area contributed by atoms with Crippen LogP contribution in [0.4, 0.5) is 4.39 Å². The molecule has 98 valence electrons. The summed E-state index contributed by atoms with van der Waals surface area (Å²) in [7, 11) is 0. The lowest BCUT2D eigenvalue weighted by Crippen LogP contribution is -2.08. The second-order valence-corrected chi connectivity index (χ2v) is 4.69. The number of nitrogens with zero attached hydrogens (tertiary/aromatic N) is 3. The Kier molecular flexibility index (Phi) is 2.77. The van der Waals surface area contributed by atoms with Crippen molar-refractivity contribution < 1.29 is 14.3 Å². The zero-order valence-electron chi connectivity index (χ0n) is 10.1. The second-order valence-electron chi connectivity index (χ2n) is 4.69. The molecule has 0 unspecified atom stereocenters. The Balaban J connectivity index is 1.92. The fourth-order valence-electron chi connectivity index (χ4n) is 2.11. The summed E-state index contributed by atoms with van der Waals surface area (Å²) < 4.78 is 14.4. The van der Waals surface area contributed by atoms with Gasteiger partial charge in [-0.05, 0) is 30.5 Å². The van der Waals surface area contributed by atoms with Crippen LogP contribution in [0.2, 0.25) is 0 Å². The Morgan fingerprint density at radius 1 is 1.37 bits per heavy atom. The van der Waals surface area contributed by atoms with Crippen LogP contribution in [-0.2, 0) is 6.54 Å². The first kappa shape index (κ1) is 11.8. The van der Waals surface area contributed by atoms with E-state index in [1.165, 1.54) is 12.1 Å². The molecule has 1 aliphatic carbocycles. The molecule has 6 heteroatoms. The third-order valence-corrected chi connectivity index (χ3v) is 3.19. The zero-order valence-corrected chi connectivity index (χ0v) is 10.1. The molecule has 5 nitrogen and oxygen atoms in total. The summed E-state index contributed by atoms with van der Waals surface area (Å²) in [6.45, 7) is 0.409. The van der Waals surface area contributed by atoms with Crippen molar-refractivity contribution in [2.75, 3.05) is 0 Å². The number of carboxylic acid groups (broad SMARTS) is 1. The normalized spacial score (nSPS) is 14.6. The van der Waals surface area contributed by atoms with Crippen molar-refractivity contribution in [3.05, 3.63) is 47.0 Å². The molecule has 1 heterocycles. The SMILES string of the molecule is O=C(O)c1nnn(Cc2ccc(F)cc2)c1C1CC1. The molecule has 0 aliphatic heterocycles. The first-order valence-electron chi connectivity index (χ1n) is 6.06. The fourth-order valence-corrected chi connectivity index (χ4v) is 2.11. The number of hydrogen-bond acceptors (Lipinski definition) is 3. The first-order valence-corrected chi connectivity index (χ1v) is 6.06. The van der Waals surface area contributed by atoms with E-state index in [2.05, 4.69) is 10.3 Å². The number of benzene rings is 1. The van der Waals surface area contributed by atoms with Gasteiger partial charge in [0.25, 0.3) is 0 Å². The highest BCUT2D eigenvalue weighted by Crippen LogP contribution is 2.41. The van der Waals surface area contributed by atoms with Crippen LogP contribution in [0.25, 0.3) is 0 Å². The number of halogens is 1. The van der Waals surface area contributed by atoms with Crippen molar-refractivity contribution >= 4 is 5.97 Å². The van der Waals surface area contributed by atoms with Crippen molar-refractivity contribution in [2.24, 2.45) is 0 Å². The number of hydrogen-bond donors (Lipinski definition) is 1. The molecule has 1 saturated carbocycles. The van der Waals surface area contributed by atoms with Crippen LogP contribution in [-0.4, -0.2) is 26.1 Å². The van der Waals surface area contributed by atoms with Gasteiger partial charge in [-0.3, -0.25) is 0 Å². The van der Waals surface area contributed by atoms with Gasteiger partial charge in [0.05, 0.1) is 12.2 Å². The van der Waals surface area contributed by atoms with E-state index in [1.54, 1.807) is 16.8 Å². The molecule has 3 rings (SSSR count). The molecule has 1 fully saturated rings. The monoisotopic (exact) mass is 261 g/mol. The number of rotatable bonds is 4. The summed E-state index contributed by atoms with van der Waals surface area (Å²) in [5, 5.41) is 16.7. The van der Waals surface area contributed by atoms with Crippen LogP contribution in [0, 0.1) is 5.82 Å². The lowest BCUT2D eigenvalue weighted by Gasteiger charge is -2.06. The van der Waals surface area contributed by atoms with Gasteiger partial charge < -0.3 is 5.11 Å². The molecule has 0 spiro atoms. The van der Waals surface area contributed by atoms with Crippen LogP contribution in [0.3, 0.4) is 0 Å². The maximum absolute atomic E-state index is 12.8. The van der Waals surface area contributed by atoms with E-state index < -0.39 is 5.97 Å². The maximum Gasteiger partial charge on any atom is 0.358 e. The van der Waals surface area contributed by atoms with Gasteiger partial charge in [0, 0.05) is 5.92 Å². The third-order valence-electron chi connectivity index (χ3n) is 3.19. The zero-order chi connectivity index (χ0) is 13.4. The number of aromatic carboxylic acids is 1. The lowest BCUT2D eigenvalue weighted by molar-refractivity contribution is 0.0689. The van der Waals surface area contributed by atoms with Gasteiger partial charge in [0.15, 0.2) is 5.69 Å². The van der Waals surface area contributed by atoms with E-state index in [1.807, 2.05) is 0 Å². The molecule has 2 aromatic rings. The minimum atomic E-state index is -1.05. The quantitative estimate of drug-likeness (QED) is 0.914. The van der Waals surface area contributed by atoms with Crippen LogP contribution >= 0.6 is 0 Å². The first-order chi connectivity index (χ1) is 9.15. The molecule has 1 aliphatic rings. The summed E-state index contributed by atoms with van der Waals surface area (Å²) in [4.78, 5) is 11.1. The van der Waals surface area contributed by atoms with Gasteiger partial charge in [-0.25, -0.2) is 13.9 Å². The van der Waals surface area contributed by atoms with Crippen molar-refractivity contribution in [3.8, 4) is 0 Å². The molecule has 0 bridgehead atoms. The molecule has 0 atom stereocenters. The topological polar surface area (TPSA) is 68.0 Å². The fraction of sp³-hybridized carbons (Fsp3) is 0.308. The minimum Gasteiger partial charge on any atom is -0.476 e. The lowest BCUT2D eigenvalue weighted by atomic mass is 10.2. The van der Waals surface area contributed by atoms with E-state index in [-0.39, 0.29) is 17.4 Å². The van der Waals surface area contributed by atoms with Crippen LogP contribution in [0.5, 0.6) is 0 Å². The largest absolute Gasteiger partial charge is 0.476 e. The second kappa shape index (κ2) is 4.46. The summed E-state index contributed by atoms with van der Waals surface area (Å²) in [5.74, 6) is -1.11. The van der Waals surface area contributed by atoms with E-state index >= 15 is 0 Å². The summed E-state index contributed by atoms with van der Waals surface area (Å²) in [6.07, 6.45) is 1.94. The van der Waals surface area contributed by atoms with Gasteiger partial charge in [-0.2, -0.15) is 0 Å². The Bertz CT molecular complexity index is 617. The highest BCUT2D eigenvalue weighted by atomic mass is 19.1. The Morgan fingerprint density at radius 3 is 2.63 bits per heavy atom. The summed E-state index contributed by atoms with van der Waals surface area (Å²) >= 11 is 0. The standard InChI is InChI=1S/C13H12FN3O2/c14-10-5-1-8(2-6-10)7-17-12(9-3-4-9)11(13(18)19)15-16-17/h1-2,5-6,9H,3-4,7H2,(H,18,19). The number of carboxylic acids is 1. The Hall–Kier alpha value is -2.24. The van der Waals surface area contributed by atoms with Crippen molar-refractivity contribution in [1.82, 2.24) is 15.0 Å². The molecule has 0 saturated heterocycles. The summed E-state index contributed by atoms with van der Waals surface area (Å²) in [5.41, 5.74) is 1.58.